The number of sulfonamides is 1. The topological polar surface area (TPSA) is 73.2 Å². The highest BCUT2D eigenvalue weighted by Crippen LogP contribution is 2.18. The molecule has 0 aliphatic rings. The Morgan fingerprint density at radius 2 is 1.95 bits per heavy atom. The average Bonchev–Trinajstić information content (AvgIpc) is 2.37. The van der Waals surface area contributed by atoms with Gasteiger partial charge in [-0.05, 0) is 44.6 Å². The third-order valence-corrected chi connectivity index (χ3v) is 4.91. The Morgan fingerprint density at radius 1 is 1.33 bits per heavy atom. The SMILES string of the molecule is Cc1ccc(C#N)cc1S(=O)(=O)NC(CN(C)C)C(C)C. The van der Waals surface area contributed by atoms with Gasteiger partial charge in [0.15, 0.2) is 0 Å². The highest BCUT2D eigenvalue weighted by Gasteiger charge is 2.24. The average molecular weight is 309 g/mol. The molecule has 0 spiro atoms. The van der Waals surface area contributed by atoms with E-state index in [2.05, 4.69) is 4.72 Å². The molecule has 0 saturated carbocycles. The Labute approximate surface area is 127 Å². The second-order valence-electron chi connectivity index (χ2n) is 5.83. The van der Waals surface area contributed by atoms with Crippen LogP contribution in [0.25, 0.3) is 0 Å². The Kier molecular flexibility index (Phi) is 5.90. The van der Waals surface area contributed by atoms with Gasteiger partial charge in [0.1, 0.15) is 0 Å². The van der Waals surface area contributed by atoms with E-state index >= 15 is 0 Å². The standard InChI is InChI=1S/C15H23N3O2S/c1-11(2)14(10-18(4)5)17-21(19,20)15-8-13(9-16)7-6-12(15)3/h6-8,11,14,17H,10H2,1-5H3. The van der Waals surface area contributed by atoms with E-state index in [1.165, 1.54) is 6.07 Å². The van der Waals surface area contributed by atoms with Gasteiger partial charge >= 0.3 is 0 Å². The quantitative estimate of drug-likeness (QED) is 0.868. The summed E-state index contributed by atoms with van der Waals surface area (Å²) in [5.74, 6) is 0.168. The van der Waals surface area contributed by atoms with Gasteiger partial charge in [0, 0.05) is 12.6 Å². The van der Waals surface area contributed by atoms with Crippen LogP contribution in [-0.4, -0.2) is 40.0 Å². The summed E-state index contributed by atoms with van der Waals surface area (Å²) in [6, 6.07) is 6.49. The summed E-state index contributed by atoms with van der Waals surface area (Å²) in [5, 5.41) is 8.94. The Morgan fingerprint density at radius 3 is 2.43 bits per heavy atom. The van der Waals surface area contributed by atoms with Crippen LogP contribution in [0, 0.1) is 24.2 Å². The van der Waals surface area contributed by atoms with Crippen LogP contribution in [0.3, 0.4) is 0 Å². The number of nitrogens with one attached hydrogen (secondary N) is 1. The van der Waals surface area contributed by atoms with Gasteiger partial charge in [0.05, 0.1) is 16.5 Å². The molecule has 0 heterocycles. The molecule has 116 valence electrons. The first kappa shape index (κ1) is 17.6. The van der Waals surface area contributed by atoms with Crippen molar-refractivity contribution < 1.29 is 8.42 Å². The molecule has 0 saturated heterocycles. The fourth-order valence-electron chi connectivity index (χ4n) is 2.00. The summed E-state index contributed by atoms with van der Waals surface area (Å²) >= 11 is 0. The molecule has 0 aliphatic heterocycles. The van der Waals surface area contributed by atoms with Crippen LogP contribution in [0.15, 0.2) is 23.1 Å². The molecular formula is C15H23N3O2S. The zero-order valence-corrected chi connectivity index (χ0v) is 14.0. The van der Waals surface area contributed by atoms with Gasteiger partial charge in [-0.2, -0.15) is 5.26 Å². The number of benzene rings is 1. The maximum Gasteiger partial charge on any atom is 0.241 e. The van der Waals surface area contributed by atoms with E-state index in [1.807, 2.05) is 38.9 Å². The second-order valence-corrected chi connectivity index (χ2v) is 7.51. The minimum absolute atomic E-state index is 0.168. The van der Waals surface area contributed by atoms with Crippen molar-refractivity contribution in [3.8, 4) is 6.07 Å². The van der Waals surface area contributed by atoms with Gasteiger partial charge in [0.25, 0.3) is 0 Å². The molecule has 1 atom stereocenters. The molecule has 1 rings (SSSR count). The van der Waals surface area contributed by atoms with Gasteiger partial charge < -0.3 is 4.90 Å². The maximum atomic E-state index is 12.6. The zero-order valence-electron chi connectivity index (χ0n) is 13.2. The van der Waals surface area contributed by atoms with Gasteiger partial charge in [-0.3, -0.25) is 0 Å². The van der Waals surface area contributed by atoms with Crippen molar-refractivity contribution in [3.63, 3.8) is 0 Å². The van der Waals surface area contributed by atoms with Crippen LogP contribution < -0.4 is 4.72 Å². The van der Waals surface area contributed by atoms with Gasteiger partial charge in [-0.15, -0.1) is 0 Å². The predicted octanol–water partition coefficient (Wildman–Crippen LogP) is 1.73. The summed E-state index contributed by atoms with van der Waals surface area (Å²) in [5.41, 5.74) is 0.976. The van der Waals surface area contributed by atoms with Crippen LogP contribution in [0.1, 0.15) is 25.0 Å². The number of aryl methyl sites for hydroxylation is 1. The van der Waals surface area contributed by atoms with E-state index < -0.39 is 10.0 Å². The highest BCUT2D eigenvalue weighted by atomic mass is 32.2. The lowest BCUT2D eigenvalue weighted by Crippen LogP contribution is -2.45. The summed E-state index contributed by atoms with van der Waals surface area (Å²) in [6.45, 7) is 6.31. The lowest BCUT2D eigenvalue weighted by atomic mass is 10.1. The smallest absolute Gasteiger partial charge is 0.241 e. The lowest BCUT2D eigenvalue weighted by Gasteiger charge is -2.25. The first-order chi connectivity index (χ1) is 9.67. The largest absolute Gasteiger partial charge is 0.308 e. The molecule has 1 unspecified atom stereocenters. The predicted molar refractivity (Wildman–Crippen MR) is 83.4 cm³/mol. The van der Waals surface area contributed by atoms with Crippen molar-refractivity contribution in [2.75, 3.05) is 20.6 Å². The van der Waals surface area contributed by atoms with Crippen molar-refractivity contribution >= 4 is 10.0 Å². The second kappa shape index (κ2) is 7.03. The van der Waals surface area contributed by atoms with Gasteiger partial charge in [-0.1, -0.05) is 19.9 Å². The Hall–Kier alpha value is -1.42. The van der Waals surface area contributed by atoms with Crippen molar-refractivity contribution in [2.45, 2.75) is 31.7 Å². The number of hydrogen-bond acceptors (Lipinski definition) is 4. The molecule has 1 aromatic rings. The summed E-state index contributed by atoms with van der Waals surface area (Å²) in [6.07, 6.45) is 0. The number of hydrogen-bond donors (Lipinski definition) is 1. The fourth-order valence-corrected chi connectivity index (χ4v) is 3.65. The minimum atomic E-state index is -3.64. The molecule has 0 fully saturated rings. The van der Waals surface area contributed by atoms with Gasteiger partial charge in [-0.25, -0.2) is 13.1 Å². The van der Waals surface area contributed by atoms with E-state index in [4.69, 9.17) is 5.26 Å². The first-order valence-corrected chi connectivity index (χ1v) is 8.33. The van der Waals surface area contributed by atoms with Crippen LogP contribution in [0.2, 0.25) is 0 Å². The van der Waals surface area contributed by atoms with E-state index in [0.29, 0.717) is 17.7 Å². The first-order valence-electron chi connectivity index (χ1n) is 6.85. The van der Waals surface area contributed by atoms with Crippen LogP contribution >= 0.6 is 0 Å². The van der Waals surface area contributed by atoms with Gasteiger partial charge in [0.2, 0.25) is 10.0 Å². The van der Waals surface area contributed by atoms with E-state index in [1.54, 1.807) is 19.1 Å². The van der Waals surface area contributed by atoms with Crippen LogP contribution in [-0.2, 0) is 10.0 Å². The number of nitrogens with zero attached hydrogens (tertiary/aromatic N) is 2. The van der Waals surface area contributed by atoms with Crippen LogP contribution in [0.4, 0.5) is 0 Å². The van der Waals surface area contributed by atoms with Crippen molar-refractivity contribution in [1.82, 2.24) is 9.62 Å². The van der Waals surface area contributed by atoms with Crippen molar-refractivity contribution in [1.29, 1.82) is 5.26 Å². The Balaban J connectivity index is 3.13. The number of rotatable bonds is 6. The van der Waals surface area contributed by atoms with E-state index in [0.717, 1.165) is 0 Å². The highest BCUT2D eigenvalue weighted by molar-refractivity contribution is 7.89. The Bertz CT molecular complexity index is 631. The molecule has 21 heavy (non-hydrogen) atoms. The lowest BCUT2D eigenvalue weighted by molar-refractivity contribution is 0.314. The van der Waals surface area contributed by atoms with E-state index in [9.17, 15) is 8.42 Å². The monoisotopic (exact) mass is 309 g/mol. The zero-order chi connectivity index (χ0) is 16.2. The normalized spacial score (nSPS) is 13.4. The molecule has 1 aromatic carbocycles. The maximum absolute atomic E-state index is 12.6. The molecular weight excluding hydrogens is 286 g/mol. The fraction of sp³-hybridized carbons (Fsp3) is 0.533. The third-order valence-electron chi connectivity index (χ3n) is 3.28. The van der Waals surface area contributed by atoms with E-state index in [-0.39, 0.29) is 16.9 Å². The van der Waals surface area contributed by atoms with Crippen LogP contribution in [0.5, 0.6) is 0 Å². The molecule has 6 heteroatoms. The number of nitriles is 1. The molecule has 0 bridgehead atoms. The summed E-state index contributed by atoms with van der Waals surface area (Å²) < 4.78 is 27.9. The molecule has 0 amide bonds. The minimum Gasteiger partial charge on any atom is -0.308 e. The molecule has 5 nitrogen and oxygen atoms in total. The molecule has 0 aliphatic carbocycles. The molecule has 1 N–H and O–H groups in total. The van der Waals surface area contributed by atoms with Crippen molar-refractivity contribution in [2.24, 2.45) is 5.92 Å². The summed E-state index contributed by atoms with van der Waals surface area (Å²) in [4.78, 5) is 2.12. The molecule has 0 aromatic heterocycles. The molecule has 0 radical (unpaired) electrons. The number of likely N-dealkylation sites (N-methyl/N-ethyl adjacent to an activating group) is 1. The third kappa shape index (κ3) is 4.81. The summed E-state index contributed by atoms with van der Waals surface area (Å²) in [7, 11) is 0.175. The van der Waals surface area contributed by atoms with Crippen molar-refractivity contribution in [3.05, 3.63) is 29.3 Å².